The van der Waals surface area contributed by atoms with Crippen LogP contribution in [-0.2, 0) is 9.59 Å². The van der Waals surface area contributed by atoms with Crippen molar-refractivity contribution in [3.05, 3.63) is 35.9 Å². The van der Waals surface area contributed by atoms with Crippen LogP contribution in [0, 0.1) is 29.1 Å². The van der Waals surface area contributed by atoms with E-state index in [4.69, 9.17) is 0 Å². The quantitative estimate of drug-likeness (QED) is 0.723. The molecule has 4 saturated carbocycles. The van der Waals surface area contributed by atoms with Gasteiger partial charge in [-0.2, -0.15) is 0 Å². The van der Waals surface area contributed by atoms with Gasteiger partial charge < -0.3 is 10.6 Å². The largest absolute Gasteiger partial charge is 0.354 e. The third kappa shape index (κ3) is 4.22. The molecule has 0 aliphatic heterocycles. The van der Waals surface area contributed by atoms with Crippen LogP contribution in [0.25, 0.3) is 0 Å². The lowest BCUT2D eigenvalue weighted by Crippen LogP contribution is -2.58. The minimum absolute atomic E-state index is 0.0548. The van der Waals surface area contributed by atoms with Crippen LogP contribution >= 0.6 is 0 Å². The summed E-state index contributed by atoms with van der Waals surface area (Å²) in [5, 5.41) is 6.27. The Labute approximate surface area is 175 Å². The molecule has 4 aliphatic carbocycles. The topological polar surface area (TPSA) is 58.2 Å². The third-order valence-corrected chi connectivity index (χ3v) is 7.71. The van der Waals surface area contributed by atoms with Gasteiger partial charge in [-0.3, -0.25) is 9.59 Å². The highest BCUT2D eigenvalue weighted by molar-refractivity contribution is 5.90. The standard InChI is InChI=1S/C25H36N2O2/c1-16(2)22(23(28)26-15-17(3)21-7-5-4-6-8-21)27-24(29)25-12-18-9-19(13-25)11-20(10-18)14-25/h4-8,16-20,22H,9-15H2,1-3H3,(H,26,28)(H,27,29)/t17-,18?,19?,20?,22+,25?/m0/s1. The first-order valence-electron chi connectivity index (χ1n) is 11.5. The minimum Gasteiger partial charge on any atom is -0.354 e. The summed E-state index contributed by atoms with van der Waals surface area (Å²) < 4.78 is 0. The van der Waals surface area contributed by atoms with Crippen molar-refractivity contribution in [1.29, 1.82) is 0 Å². The highest BCUT2D eigenvalue weighted by Gasteiger charge is 2.55. The number of hydrogen-bond donors (Lipinski definition) is 2. The summed E-state index contributed by atoms with van der Waals surface area (Å²) in [7, 11) is 0. The second kappa shape index (κ2) is 8.12. The smallest absolute Gasteiger partial charge is 0.242 e. The predicted molar refractivity (Wildman–Crippen MR) is 115 cm³/mol. The van der Waals surface area contributed by atoms with Crippen molar-refractivity contribution >= 4 is 11.8 Å². The average molecular weight is 397 g/mol. The van der Waals surface area contributed by atoms with E-state index in [1.54, 1.807) is 0 Å². The first-order valence-corrected chi connectivity index (χ1v) is 11.5. The Kier molecular flexibility index (Phi) is 5.72. The molecule has 29 heavy (non-hydrogen) atoms. The van der Waals surface area contributed by atoms with Gasteiger partial charge in [-0.1, -0.05) is 51.1 Å². The number of nitrogens with one attached hydrogen (secondary N) is 2. The molecule has 4 nitrogen and oxygen atoms in total. The number of benzene rings is 1. The fourth-order valence-corrected chi connectivity index (χ4v) is 6.48. The molecule has 4 aliphatic rings. The van der Waals surface area contributed by atoms with Crippen LogP contribution in [0.5, 0.6) is 0 Å². The number of amides is 2. The summed E-state index contributed by atoms with van der Waals surface area (Å²) in [6.45, 7) is 6.74. The highest BCUT2D eigenvalue weighted by Crippen LogP contribution is 2.60. The Hall–Kier alpha value is -1.84. The van der Waals surface area contributed by atoms with Crippen LogP contribution in [0.15, 0.2) is 30.3 Å². The number of hydrogen-bond acceptors (Lipinski definition) is 2. The molecule has 2 amide bonds. The van der Waals surface area contributed by atoms with E-state index < -0.39 is 6.04 Å². The molecule has 4 heteroatoms. The Bertz CT molecular complexity index is 707. The maximum atomic E-state index is 13.4. The van der Waals surface area contributed by atoms with Gasteiger partial charge in [0.25, 0.3) is 0 Å². The van der Waals surface area contributed by atoms with E-state index in [-0.39, 0.29) is 29.1 Å². The van der Waals surface area contributed by atoms with Gasteiger partial charge in [0.1, 0.15) is 6.04 Å². The van der Waals surface area contributed by atoms with Crippen molar-refractivity contribution in [1.82, 2.24) is 10.6 Å². The maximum absolute atomic E-state index is 13.4. The lowest BCUT2D eigenvalue weighted by molar-refractivity contribution is -0.149. The molecule has 4 bridgehead atoms. The monoisotopic (exact) mass is 396 g/mol. The van der Waals surface area contributed by atoms with Crippen molar-refractivity contribution in [3.63, 3.8) is 0 Å². The Morgan fingerprint density at radius 2 is 1.52 bits per heavy atom. The van der Waals surface area contributed by atoms with Crippen LogP contribution in [0.3, 0.4) is 0 Å². The molecule has 0 unspecified atom stereocenters. The molecule has 0 saturated heterocycles. The van der Waals surface area contributed by atoms with E-state index in [1.165, 1.54) is 24.8 Å². The number of carbonyl (C=O) groups excluding carboxylic acids is 2. The molecule has 5 rings (SSSR count). The SMILES string of the molecule is CC(C)[C@@H](NC(=O)C12CC3CC(CC(C3)C1)C2)C(=O)NC[C@H](C)c1ccccc1. The van der Waals surface area contributed by atoms with Crippen molar-refractivity contribution < 1.29 is 9.59 Å². The molecule has 0 aromatic heterocycles. The minimum atomic E-state index is -0.460. The Morgan fingerprint density at radius 1 is 0.966 bits per heavy atom. The van der Waals surface area contributed by atoms with Gasteiger partial charge in [0, 0.05) is 12.0 Å². The first kappa shape index (κ1) is 20.4. The van der Waals surface area contributed by atoms with Crippen LogP contribution < -0.4 is 10.6 Å². The molecule has 1 aromatic carbocycles. The molecule has 158 valence electrons. The Balaban J connectivity index is 1.37. The summed E-state index contributed by atoms with van der Waals surface area (Å²) in [4.78, 5) is 26.3. The van der Waals surface area contributed by atoms with Gasteiger partial charge in [-0.05, 0) is 73.7 Å². The Morgan fingerprint density at radius 3 is 2.03 bits per heavy atom. The van der Waals surface area contributed by atoms with Gasteiger partial charge in [0.2, 0.25) is 11.8 Å². The zero-order valence-electron chi connectivity index (χ0n) is 18.1. The molecule has 0 radical (unpaired) electrons. The van der Waals surface area contributed by atoms with Gasteiger partial charge in [-0.25, -0.2) is 0 Å². The van der Waals surface area contributed by atoms with Crippen LogP contribution in [0.2, 0.25) is 0 Å². The summed E-state index contributed by atoms with van der Waals surface area (Å²) in [5.41, 5.74) is 1.01. The number of carbonyl (C=O) groups is 2. The molecule has 1 aromatic rings. The second-order valence-electron chi connectivity index (χ2n) is 10.4. The predicted octanol–water partition coefficient (Wildman–Crippen LogP) is 4.26. The van der Waals surface area contributed by atoms with Crippen LogP contribution in [0.4, 0.5) is 0 Å². The molecule has 2 N–H and O–H groups in total. The highest BCUT2D eigenvalue weighted by atomic mass is 16.2. The molecule has 4 fully saturated rings. The average Bonchev–Trinajstić information content (AvgIpc) is 2.69. The van der Waals surface area contributed by atoms with Crippen molar-refractivity contribution in [2.24, 2.45) is 29.1 Å². The van der Waals surface area contributed by atoms with E-state index in [2.05, 4.69) is 29.7 Å². The van der Waals surface area contributed by atoms with Gasteiger partial charge in [-0.15, -0.1) is 0 Å². The summed E-state index contributed by atoms with van der Waals surface area (Å²) >= 11 is 0. The lowest BCUT2D eigenvalue weighted by Gasteiger charge is -2.55. The molecule has 0 heterocycles. The molecule has 2 atom stereocenters. The summed E-state index contributed by atoms with van der Waals surface area (Å²) in [6.07, 6.45) is 7.04. The second-order valence-corrected chi connectivity index (χ2v) is 10.4. The van der Waals surface area contributed by atoms with E-state index in [9.17, 15) is 9.59 Å². The van der Waals surface area contributed by atoms with Gasteiger partial charge in [0.05, 0.1) is 0 Å². The van der Waals surface area contributed by atoms with E-state index in [1.807, 2.05) is 32.0 Å². The lowest BCUT2D eigenvalue weighted by atomic mass is 9.49. The maximum Gasteiger partial charge on any atom is 0.242 e. The number of rotatable bonds is 7. The third-order valence-electron chi connectivity index (χ3n) is 7.71. The van der Waals surface area contributed by atoms with Gasteiger partial charge >= 0.3 is 0 Å². The fraction of sp³-hybridized carbons (Fsp3) is 0.680. The van der Waals surface area contributed by atoms with E-state index >= 15 is 0 Å². The fourth-order valence-electron chi connectivity index (χ4n) is 6.48. The van der Waals surface area contributed by atoms with Crippen LogP contribution in [-0.4, -0.2) is 24.4 Å². The zero-order chi connectivity index (χ0) is 20.6. The first-order chi connectivity index (χ1) is 13.9. The summed E-state index contributed by atoms with van der Waals surface area (Å²) in [6, 6.07) is 9.77. The van der Waals surface area contributed by atoms with Crippen molar-refractivity contribution in [3.8, 4) is 0 Å². The normalized spacial score (nSPS) is 32.1. The molecule has 0 spiro atoms. The molecular formula is C25H36N2O2. The van der Waals surface area contributed by atoms with E-state index in [0.717, 1.165) is 37.0 Å². The molecular weight excluding hydrogens is 360 g/mol. The zero-order valence-corrected chi connectivity index (χ0v) is 18.1. The van der Waals surface area contributed by atoms with E-state index in [0.29, 0.717) is 6.54 Å². The van der Waals surface area contributed by atoms with Gasteiger partial charge in [0.15, 0.2) is 0 Å². The van der Waals surface area contributed by atoms with Crippen LogP contribution in [0.1, 0.15) is 70.8 Å². The van der Waals surface area contributed by atoms with Crippen molar-refractivity contribution in [2.45, 2.75) is 71.3 Å². The van der Waals surface area contributed by atoms with Crippen molar-refractivity contribution in [2.75, 3.05) is 6.54 Å². The summed E-state index contributed by atoms with van der Waals surface area (Å²) in [5.74, 6) is 2.58.